The van der Waals surface area contributed by atoms with Gasteiger partial charge in [-0.15, -0.1) is 0 Å². The van der Waals surface area contributed by atoms with Gasteiger partial charge < -0.3 is 10.4 Å². The third-order valence-corrected chi connectivity index (χ3v) is 3.42. The minimum atomic E-state index is 0.152. The second-order valence-corrected chi connectivity index (χ2v) is 5.38. The number of nitrogens with one attached hydrogen (secondary N) is 1. The SMILES string of the molecule is CNC1CC(C)(C)Cc2c1cnn2CCO. The summed E-state index contributed by atoms with van der Waals surface area (Å²) in [6.07, 6.45) is 4.13. The number of aromatic nitrogens is 2. The minimum Gasteiger partial charge on any atom is -0.394 e. The predicted octanol–water partition coefficient (Wildman–Crippen LogP) is 1.11. The van der Waals surface area contributed by atoms with E-state index in [1.165, 1.54) is 11.3 Å². The summed E-state index contributed by atoms with van der Waals surface area (Å²) in [7, 11) is 2.00. The van der Waals surface area contributed by atoms with E-state index in [4.69, 9.17) is 5.11 Å². The predicted molar refractivity (Wildman–Crippen MR) is 63.2 cm³/mol. The fraction of sp³-hybridized carbons (Fsp3) is 0.750. The highest BCUT2D eigenvalue weighted by Gasteiger charge is 2.33. The third-order valence-electron chi connectivity index (χ3n) is 3.42. The Kier molecular flexibility index (Phi) is 3.04. The Morgan fingerprint density at radius 2 is 2.38 bits per heavy atom. The first-order valence-electron chi connectivity index (χ1n) is 5.90. The molecule has 4 heteroatoms. The minimum absolute atomic E-state index is 0.152. The molecule has 0 aliphatic heterocycles. The molecule has 1 aromatic heterocycles. The molecule has 0 aromatic carbocycles. The molecular formula is C12H21N3O. The lowest BCUT2D eigenvalue weighted by atomic mass is 9.74. The average Bonchev–Trinajstić information content (AvgIpc) is 2.59. The van der Waals surface area contributed by atoms with Crippen LogP contribution in [0, 0.1) is 5.41 Å². The van der Waals surface area contributed by atoms with Crippen LogP contribution >= 0.6 is 0 Å². The van der Waals surface area contributed by atoms with Gasteiger partial charge >= 0.3 is 0 Å². The van der Waals surface area contributed by atoms with Gasteiger partial charge in [-0.25, -0.2) is 0 Å². The fourth-order valence-electron chi connectivity index (χ4n) is 2.64. The lowest BCUT2D eigenvalue weighted by Gasteiger charge is -2.35. The highest BCUT2D eigenvalue weighted by atomic mass is 16.3. The molecule has 1 aromatic rings. The van der Waals surface area contributed by atoms with Crippen molar-refractivity contribution in [2.24, 2.45) is 5.41 Å². The van der Waals surface area contributed by atoms with Gasteiger partial charge in [0.15, 0.2) is 0 Å². The number of rotatable bonds is 3. The van der Waals surface area contributed by atoms with E-state index in [9.17, 15) is 0 Å². The van der Waals surface area contributed by atoms with E-state index in [0.29, 0.717) is 18.0 Å². The van der Waals surface area contributed by atoms with Gasteiger partial charge in [-0.3, -0.25) is 4.68 Å². The van der Waals surface area contributed by atoms with Crippen LogP contribution < -0.4 is 5.32 Å². The van der Waals surface area contributed by atoms with Crippen LogP contribution in [0.3, 0.4) is 0 Å². The number of aliphatic hydroxyl groups is 1. The van der Waals surface area contributed by atoms with Crippen LogP contribution in [0.5, 0.6) is 0 Å². The van der Waals surface area contributed by atoms with Crippen molar-refractivity contribution in [2.75, 3.05) is 13.7 Å². The maximum absolute atomic E-state index is 9.02. The van der Waals surface area contributed by atoms with Gasteiger partial charge in [0.2, 0.25) is 0 Å². The van der Waals surface area contributed by atoms with Gasteiger partial charge in [0, 0.05) is 17.3 Å². The first kappa shape index (κ1) is 11.6. The Labute approximate surface area is 96.7 Å². The Morgan fingerprint density at radius 1 is 1.62 bits per heavy atom. The molecule has 0 saturated heterocycles. The van der Waals surface area contributed by atoms with E-state index in [-0.39, 0.29) is 6.61 Å². The summed E-state index contributed by atoms with van der Waals surface area (Å²) in [6, 6.07) is 0.395. The molecule has 16 heavy (non-hydrogen) atoms. The van der Waals surface area contributed by atoms with Gasteiger partial charge in [0.1, 0.15) is 0 Å². The van der Waals surface area contributed by atoms with Crippen molar-refractivity contribution < 1.29 is 5.11 Å². The van der Waals surface area contributed by atoms with Crippen molar-refractivity contribution >= 4 is 0 Å². The first-order valence-corrected chi connectivity index (χ1v) is 5.90. The molecule has 1 aliphatic rings. The lowest BCUT2D eigenvalue weighted by Crippen LogP contribution is -2.32. The summed E-state index contributed by atoms with van der Waals surface area (Å²) in [6.45, 7) is 5.33. The number of hydrogen-bond acceptors (Lipinski definition) is 3. The highest BCUT2D eigenvalue weighted by Crippen LogP contribution is 2.40. The molecule has 1 heterocycles. The monoisotopic (exact) mass is 223 g/mol. The van der Waals surface area contributed by atoms with Crippen LogP contribution in [0.15, 0.2) is 6.20 Å². The standard InChI is InChI=1S/C12H21N3O/c1-12(2)6-10(13-3)9-8-14-15(4-5-16)11(9)7-12/h8,10,13,16H,4-7H2,1-3H3. The summed E-state index contributed by atoms with van der Waals surface area (Å²) in [5, 5.41) is 16.7. The molecular weight excluding hydrogens is 202 g/mol. The number of aliphatic hydroxyl groups excluding tert-OH is 1. The third kappa shape index (κ3) is 1.99. The van der Waals surface area contributed by atoms with Gasteiger partial charge in [0.25, 0.3) is 0 Å². The normalized spacial score (nSPS) is 23.1. The second-order valence-electron chi connectivity index (χ2n) is 5.38. The molecule has 2 rings (SSSR count). The smallest absolute Gasteiger partial charge is 0.0644 e. The Morgan fingerprint density at radius 3 is 3.00 bits per heavy atom. The van der Waals surface area contributed by atoms with Crippen molar-refractivity contribution in [3.05, 3.63) is 17.5 Å². The zero-order valence-electron chi connectivity index (χ0n) is 10.3. The second kappa shape index (κ2) is 4.18. The van der Waals surface area contributed by atoms with Crippen LogP contribution in [0.25, 0.3) is 0 Å². The van der Waals surface area contributed by atoms with E-state index in [2.05, 4.69) is 24.3 Å². The molecule has 0 bridgehead atoms. The Balaban J connectivity index is 2.36. The molecule has 0 amide bonds. The quantitative estimate of drug-likeness (QED) is 0.807. The zero-order chi connectivity index (χ0) is 11.8. The molecule has 0 radical (unpaired) electrons. The number of hydrogen-bond donors (Lipinski definition) is 2. The summed E-state index contributed by atoms with van der Waals surface area (Å²) in [5.74, 6) is 0. The summed E-state index contributed by atoms with van der Waals surface area (Å²) in [5.41, 5.74) is 2.88. The molecule has 1 atom stereocenters. The largest absolute Gasteiger partial charge is 0.394 e. The van der Waals surface area contributed by atoms with Gasteiger partial charge in [-0.1, -0.05) is 13.8 Å². The Hall–Kier alpha value is -0.870. The van der Waals surface area contributed by atoms with Crippen molar-refractivity contribution in [1.82, 2.24) is 15.1 Å². The summed E-state index contributed by atoms with van der Waals surface area (Å²) >= 11 is 0. The molecule has 1 unspecified atom stereocenters. The zero-order valence-corrected chi connectivity index (χ0v) is 10.3. The van der Waals surface area contributed by atoms with Crippen molar-refractivity contribution in [3.63, 3.8) is 0 Å². The van der Waals surface area contributed by atoms with Gasteiger partial charge in [-0.05, 0) is 25.3 Å². The van der Waals surface area contributed by atoms with E-state index >= 15 is 0 Å². The summed E-state index contributed by atoms with van der Waals surface area (Å²) in [4.78, 5) is 0. The molecule has 4 nitrogen and oxygen atoms in total. The molecule has 0 saturated carbocycles. The average molecular weight is 223 g/mol. The summed E-state index contributed by atoms with van der Waals surface area (Å²) < 4.78 is 1.95. The van der Waals surface area contributed by atoms with Crippen molar-refractivity contribution in [1.29, 1.82) is 0 Å². The van der Waals surface area contributed by atoms with E-state index in [0.717, 1.165) is 12.8 Å². The van der Waals surface area contributed by atoms with E-state index < -0.39 is 0 Å². The number of fused-ring (bicyclic) bond motifs is 1. The highest BCUT2D eigenvalue weighted by molar-refractivity contribution is 5.27. The maximum Gasteiger partial charge on any atom is 0.0644 e. The first-order chi connectivity index (χ1) is 7.57. The molecule has 2 N–H and O–H groups in total. The van der Waals surface area contributed by atoms with Crippen molar-refractivity contribution in [3.8, 4) is 0 Å². The molecule has 0 fully saturated rings. The van der Waals surface area contributed by atoms with Gasteiger partial charge in [0.05, 0.1) is 19.3 Å². The molecule has 0 spiro atoms. The maximum atomic E-state index is 9.02. The van der Waals surface area contributed by atoms with Crippen LogP contribution in [0.4, 0.5) is 0 Å². The van der Waals surface area contributed by atoms with Gasteiger partial charge in [-0.2, -0.15) is 5.10 Å². The van der Waals surface area contributed by atoms with Crippen LogP contribution in [0.1, 0.15) is 37.6 Å². The number of nitrogens with zero attached hydrogens (tertiary/aromatic N) is 2. The molecule has 1 aliphatic carbocycles. The topological polar surface area (TPSA) is 50.1 Å². The van der Waals surface area contributed by atoms with E-state index in [1.807, 2.05) is 17.9 Å². The Bertz CT molecular complexity index is 370. The van der Waals surface area contributed by atoms with Crippen LogP contribution in [-0.2, 0) is 13.0 Å². The molecule has 90 valence electrons. The van der Waals surface area contributed by atoms with E-state index in [1.54, 1.807) is 0 Å². The fourth-order valence-corrected chi connectivity index (χ4v) is 2.64. The van der Waals surface area contributed by atoms with Crippen molar-refractivity contribution in [2.45, 2.75) is 39.3 Å². The van der Waals surface area contributed by atoms with Crippen LogP contribution in [0.2, 0.25) is 0 Å². The van der Waals surface area contributed by atoms with Crippen LogP contribution in [-0.4, -0.2) is 28.5 Å². The lowest BCUT2D eigenvalue weighted by molar-refractivity contribution is 0.241.